The van der Waals surface area contributed by atoms with E-state index in [0.29, 0.717) is 13.1 Å². The van der Waals surface area contributed by atoms with Gasteiger partial charge in [0, 0.05) is 32.7 Å². The molecule has 1 aliphatic rings. The predicted molar refractivity (Wildman–Crippen MR) is 102 cm³/mol. The third-order valence-electron chi connectivity index (χ3n) is 4.68. The van der Waals surface area contributed by atoms with Crippen molar-refractivity contribution in [2.75, 3.05) is 32.7 Å². The number of carbonyl (C=O) groups is 2. The summed E-state index contributed by atoms with van der Waals surface area (Å²) in [7, 11) is 0. The summed E-state index contributed by atoms with van der Waals surface area (Å²) < 4.78 is 14.1. The molecular weight excluding hydrogens is 345 g/mol. The van der Waals surface area contributed by atoms with Crippen molar-refractivity contribution in [2.24, 2.45) is 0 Å². The monoisotopic (exact) mass is 369 g/mol. The van der Waals surface area contributed by atoms with Gasteiger partial charge in [-0.25, -0.2) is 4.39 Å². The molecule has 1 heterocycles. The lowest BCUT2D eigenvalue weighted by Gasteiger charge is -2.30. The van der Waals surface area contributed by atoms with Gasteiger partial charge in [-0.05, 0) is 24.6 Å². The predicted octanol–water partition coefficient (Wildman–Crippen LogP) is 2.21. The molecule has 27 heavy (non-hydrogen) atoms. The number of amides is 2. The van der Waals surface area contributed by atoms with Crippen LogP contribution in [0.4, 0.5) is 4.39 Å². The largest absolute Gasteiger partial charge is 0.339 e. The van der Waals surface area contributed by atoms with Crippen LogP contribution in [-0.4, -0.2) is 54.3 Å². The quantitative estimate of drug-likeness (QED) is 0.879. The molecule has 5 nitrogen and oxygen atoms in total. The van der Waals surface area contributed by atoms with E-state index in [1.54, 1.807) is 17.0 Å². The standard InChI is InChI=1S/C21H24FN3O2/c1-16-6-8-17(9-7-16)14-25(15-20(26)24-12-10-23-11-13-24)21(27)18-4-2-3-5-19(18)22/h2-9,23H,10-15H2,1H3. The lowest BCUT2D eigenvalue weighted by molar-refractivity contribution is -0.132. The molecule has 2 aromatic carbocycles. The van der Waals surface area contributed by atoms with E-state index in [1.165, 1.54) is 17.0 Å². The first-order valence-corrected chi connectivity index (χ1v) is 9.12. The Hall–Kier alpha value is -2.73. The number of nitrogens with one attached hydrogen (secondary N) is 1. The summed E-state index contributed by atoms with van der Waals surface area (Å²) in [5, 5.41) is 3.20. The summed E-state index contributed by atoms with van der Waals surface area (Å²) in [5.41, 5.74) is 2.00. The Morgan fingerprint density at radius 1 is 1.07 bits per heavy atom. The van der Waals surface area contributed by atoms with Gasteiger partial charge in [0.1, 0.15) is 12.4 Å². The van der Waals surface area contributed by atoms with Gasteiger partial charge < -0.3 is 15.1 Å². The number of hydrogen-bond acceptors (Lipinski definition) is 3. The summed E-state index contributed by atoms with van der Waals surface area (Å²) in [4.78, 5) is 28.8. The van der Waals surface area contributed by atoms with Gasteiger partial charge in [0.15, 0.2) is 0 Å². The zero-order valence-corrected chi connectivity index (χ0v) is 15.5. The number of carbonyl (C=O) groups excluding carboxylic acids is 2. The second kappa shape index (κ2) is 8.77. The maximum Gasteiger partial charge on any atom is 0.257 e. The second-order valence-electron chi connectivity index (χ2n) is 6.76. The number of hydrogen-bond donors (Lipinski definition) is 1. The number of halogens is 1. The molecule has 0 radical (unpaired) electrons. The van der Waals surface area contributed by atoms with Crippen molar-refractivity contribution in [3.8, 4) is 0 Å². The third kappa shape index (κ3) is 4.92. The minimum atomic E-state index is -0.578. The van der Waals surface area contributed by atoms with Crippen LogP contribution in [0.5, 0.6) is 0 Å². The first-order chi connectivity index (χ1) is 13.0. The zero-order chi connectivity index (χ0) is 19.2. The van der Waals surface area contributed by atoms with E-state index in [-0.39, 0.29) is 24.6 Å². The van der Waals surface area contributed by atoms with Crippen LogP contribution >= 0.6 is 0 Å². The molecule has 6 heteroatoms. The molecule has 0 bridgehead atoms. The molecule has 0 saturated carbocycles. The fraction of sp³-hybridized carbons (Fsp3) is 0.333. The Kier molecular flexibility index (Phi) is 6.19. The highest BCUT2D eigenvalue weighted by Crippen LogP contribution is 2.14. The van der Waals surface area contributed by atoms with Crippen LogP contribution < -0.4 is 5.32 Å². The van der Waals surface area contributed by atoms with E-state index in [0.717, 1.165) is 24.2 Å². The summed E-state index contributed by atoms with van der Waals surface area (Å²) in [6.45, 7) is 4.89. The van der Waals surface area contributed by atoms with Crippen molar-refractivity contribution >= 4 is 11.8 Å². The van der Waals surface area contributed by atoms with E-state index < -0.39 is 11.7 Å². The van der Waals surface area contributed by atoms with Crippen LogP contribution in [0.15, 0.2) is 48.5 Å². The number of benzene rings is 2. The van der Waals surface area contributed by atoms with E-state index in [9.17, 15) is 14.0 Å². The molecule has 0 unspecified atom stereocenters. The molecule has 0 atom stereocenters. The number of rotatable bonds is 5. The van der Waals surface area contributed by atoms with Crippen molar-refractivity contribution in [1.29, 1.82) is 0 Å². The topological polar surface area (TPSA) is 52.7 Å². The van der Waals surface area contributed by atoms with Gasteiger partial charge in [-0.2, -0.15) is 0 Å². The minimum Gasteiger partial charge on any atom is -0.339 e. The molecule has 3 rings (SSSR count). The van der Waals surface area contributed by atoms with Crippen LogP contribution in [0.25, 0.3) is 0 Å². The Labute approximate surface area is 158 Å². The normalized spacial score (nSPS) is 14.1. The van der Waals surface area contributed by atoms with E-state index in [1.807, 2.05) is 31.2 Å². The van der Waals surface area contributed by atoms with Crippen LogP contribution in [0, 0.1) is 12.7 Å². The molecule has 0 aromatic heterocycles. The lowest BCUT2D eigenvalue weighted by Crippen LogP contribution is -2.50. The summed E-state index contributed by atoms with van der Waals surface area (Å²) >= 11 is 0. The SMILES string of the molecule is Cc1ccc(CN(CC(=O)N2CCNCC2)C(=O)c2ccccc2F)cc1. The van der Waals surface area contributed by atoms with Crippen LogP contribution in [0.2, 0.25) is 0 Å². The average molecular weight is 369 g/mol. The highest BCUT2D eigenvalue weighted by Gasteiger charge is 2.25. The fourth-order valence-electron chi connectivity index (χ4n) is 3.10. The molecule has 1 N–H and O–H groups in total. The molecule has 142 valence electrons. The Bertz CT molecular complexity index is 801. The lowest BCUT2D eigenvalue weighted by atomic mass is 10.1. The molecule has 2 aromatic rings. The van der Waals surface area contributed by atoms with E-state index in [4.69, 9.17) is 0 Å². The number of piperazine rings is 1. The Morgan fingerprint density at radius 2 is 1.74 bits per heavy atom. The van der Waals surface area contributed by atoms with E-state index in [2.05, 4.69) is 5.32 Å². The summed E-state index contributed by atoms with van der Waals surface area (Å²) in [5.74, 6) is -1.17. The first-order valence-electron chi connectivity index (χ1n) is 9.12. The second-order valence-corrected chi connectivity index (χ2v) is 6.76. The average Bonchev–Trinajstić information content (AvgIpc) is 2.69. The van der Waals surface area contributed by atoms with Crippen molar-refractivity contribution in [1.82, 2.24) is 15.1 Å². The maximum absolute atomic E-state index is 14.1. The molecule has 0 spiro atoms. The smallest absolute Gasteiger partial charge is 0.257 e. The number of aryl methyl sites for hydroxylation is 1. The van der Waals surface area contributed by atoms with Gasteiger partial charge in [-0.1, -0.05) is 42.0 Å². The molecule has 1 aliphatic heterocycles. The van der Waals surface area contributed by atoms with Gasteiger partial charge in [-0.15, -0.1) is 0 Å². The minimum absolute atomic E-state index is 0.0160. The van der Waals surface area contributed by atoms with E-state index >= 15 is 0 Å². The highest BCUT2D eigenvalue weighted by atomic mass is 19.1. The van der Waals surface area contributed by atoms with Gasteiger partial charge >= 0.3 is 0 Å². The molecule has 0 aliphatic carbocycles. The van der Waals surface area contributed by atoms with Crippen molar-refractivity contribution in [2.45, 2.75) is 13.5 Å². The molecular formula is C21H24FN3O2. The zero-order valence-electron chi connectivity index (χ0n) is 15.5. The molecule has 2 amide bonds. The summed E-state index contributed by atoms with van der Waals surface area (Å²) in [6.07, 6.45) is 0. The third-order valence-corrected chi connectivity index (χ3v) is 4.68. The van der Waals surface area contributed by atoms with Crippen molar-refractivity contribution < 1.29 is 14.0 Å². The first kappa shape index (κ1) is 19.0. The molecule has 1 fully saturated rings. The number of nitrogens with zero attached hydrogens (tertiary/aromatic N) is 2. The van der Waals surface area contributed by atoms with Crippen molar-refractivity contribution in [3.05, 3.63) is 71.0 Å². The maximum atomic E-state index is 14.1. The Balaban J connectivity index is 1.81. The van der Waals surface area contributed by atoms with Gasteiger partial charge in [0.25, 0.3) is 5.91 Å². The van der Waals surface area contributed by atoms with Crippen LogP contribution in [0.3, 0.4) is 0 Å². The van der Waals surface area contributed by atoms with Crippen LogP contribution in [0.1, 0.15) is 21.5 Å². The van der Waals surface area contributed by atoms with Gasteiger partial charge in [0.2, 0.25) is 5.91 Å². The van der Waals surface area contributed by atoms with Gasteiger partial charge in [-0.3, -0.25) is 9.59 Å². The summed E-state index contributed by atoms with van der Waals surface area (Å²) in [6, 6.07) is 13.6. The fourth-order valence-corrected chi connectivity index (χ4v) is 3.10. The van der Waals surface area contributed by atoms with Crippen LogP contribution in [-0.2, 0) is 11.3 Å². The van der Waals surface area contributed by atoms with Crippen molar-refractivity contribution in [3.63, 3.8) is 0 Å². The molecule has 1 saturated heterocycles. The highest BCUT2D eigenvalue weighted by molar-refractivity contribution is 5.96. The Morgan fingerprint density at radius 3 is 2.41 bits per heavy atom. The van der Waals surface area contributed by atoms with Gasteiger partial charge in [0.05, 0.1) is 5.56 Å².